The predicted molar refractivity (Wildman–Crippen MR) is 73.6 cm³/mol. The van der Waals surface area contributed by atoms with Gasteiger partial charge in [-0.15, -0.1) is 0 Å². The molecule has 22 heavy (non-hydrogen) atoms. The summed E-state index contributed by atoms with van der Waals surface area (Å²) in [5.74, 6) is -1.48. The van der Waals surface area contributed by atoms with Crippen LogP contribution in [0.1, 0.15) is 16.1 Å². The van der Waals surface area contributed by atoms with Gasteiger partial charge in [0.2, 0.25) is 6.19 Å². The fraction of sp³-hybridized carbons (Fsp3) is 0.143. The second kappa shape index (κ2) is 6.49. The molecule has 2 aromatic rings. The maximum absolute atomic E-state index is 12.8. The molecular formula is C14H12FN5O2. The van der Waals surface area contributed by atoms with Crippen molar-refractivity contribution < 1.29 is 14.3 Å². The molecule has 0 bridgehead atoms. The van der Waals surface area contributed by atoms with Gasteiger partial charge in [0.15, 0.2) is 16.9 Å². The highest BCUT2D eigenvalue weighted by Crippen LogP contribution is 2.08. The van der Waals surface area contributed by atoms with E-state index in [0.29, 0.717) is 5.56 Å². The molecule has 8 heteroatoms. The third-order valence-electron chi connectivity index (χ3n) is 2.87. The van der Waals surface area contributed by atoms with Gasteiger partial charge < -0.3 is 15.0 Å². The molecule has 1 aromatic carbocycles. The number of benzene rings is 1. The summed E-state index contributed by atoms with van der Waals surface area (Å²) in [6, 6.07) is 5.63. The van der Waals surface area contributed by atoms with E-state index in [0.717, 1.165) is 0 Å². The average Bonchev–Trinajstić information content (AvgIpc) is 2.50. The van der Waals surface area contributed by atoms with E-state index in [2.05, 4.69) is 15.3 Å². The normalized spacial score (nSPS) is 11.0. The van der Waals surface area contributed by atoms with Crippen molar-refractivity contribution in [3.63, 3.8) is 0 Å². The van der Waals surface area contributed by atoms with Crippen LogP contribution in [-0.2, 0) is 13.6 Å². The third kappa shape index (κ3) is 3.27. The molecule has 1 heterocycles. The van der Waals surface area contributed by atoms with Gasteiger partial charge in [0.1, 0.15) is 5.82 Å². The number of amides is 1. The van der Waals surface area contributed by atoms with Crippen LogP contribution in [0.15, 0.2) is 35.6 Å². The molecule has 2 rings (SSSR count). The molecule has 0 spiro atoms. The quantitative estimate of drug-likeness (QED) is 0.809. The van der Waals surface area contributed by atoms with E-state index in [1.54, 1.807) is 6.19 Å². The van der Waals surface area contributed by atoms with Crippen molar-refractivity contribution in [3.05, 3.63) is 53.2 Å². The molecule has 0 atom stereocenters. The van der Waals surface area contributed by atoms with E-state index in [-0.39, 0.29) is 23.5 Å². The van der Waals surface area contributed by atoms with Crippen LogP contribution in [0.25, 0.3) is 0 Å². The number of nitriles is 1. The maximum Gasteiger partial charge on any atom is 0.274 e. The summed E-state index contributed by atoms with van der Waals surface area (Å²) in [6.45, 7) is 0.145. The van der Waals surface area contributed by atoms with E-state index < -0.39 is 11.7 Å². The van der Waals surface area contributed by atoms with Crippen LogP contribution in [-0.4, -0.2) is 20.6 Å². The zero-order valence-corrected chi connectivity index (χ0v) is 11.6. The molecule has 0 aliphatic carbocycles. The number of nitrogens with one attached hydrogen (secondary N) is 1. The van der Waals surface area contributed by atoms with Crippen molar-refractivity contribution in [2.45, 2.75) is 6.54 Å². The van der Waals surface area contributed by atoms with E-state index in [4.69, 9.17) is 5.26 Å². The van der Waals surface area contributed by atoms with Gasteiger partial charge in [-0.1, -0.05) is 12.1 Å². The zero-order chi connectivity index (χ0) is 16.1. The minimum atomic E-state index is -0.628. The van der Waals surface area contributed by atoms with Crippen LogP contribution < -0.4 is 10.8 Å². The molecule has 1 aromatic heterocycles. The molecule has 2 N–H and O–H groups in total. The monoisotopic (exact) mass is 301 g/mol. The zero-order valence-electron chi connectivity index (χ0n) is 11.6. The molecule has 0 aliphatic rings. The minimum Gasteiger partial charge on any atom is -0.503 e. The predicted octanol–water partition coefficient (Wildman–Crippen LogP) is 0.577. The highest BCUT2D eigenvalue weighted by molar-refractivity contribution is 5.94. The molecule has 7 nitrogen and oxygen atoms in total. The van der Waals surface area contributed by atoms with Crippen LogP contribution in [0, 0.1) is 17.3 Å². The van der Waals surface area contributed by atoms with E-state index >= 15 is 0 Å². The van der Waals surface area contributed by atoms with Gasteiger partial charge >= 0.3 is 0 Å². The SMILES string of the molecule is Cn1cnc(C(=O)NCc2ccc(F)cc2)c(O)c1=NC#N. The number of hydrogen-bond donors (Lipinski definition) is 2. The number of hydrogen-bond acceptors (Lipinski definition) is 5. The van der Waals surface area contributed by atoms with Crippen molar-refractivity contribution in [1.82, 2.24) is 14.9 Å². The Morgan fingerprint density at radius 3 is 2.82 bits per heavy atom. The number of carbonyl (C=O) groups is 1. The molecule has 0 aliphatic heterocycles. The van der Waals surface area contributed by atoms with Crippen molar-refractivity contribution >= 4 is 5.91 Å². The van der Waals surface area contributed by atoms with Gasteiger partial charge in [0, 0.05) is 13.6 Å². The molecular weight excluding hydrogens is 289 g/mol. The second-order valence-electron chi connectivity index (χ2n) is 4.40. The Kier molecular flexibility index (Phi) is 4.48. The summed E-state index contributed by atoms with van der Waals surface area (Å²) in [5.41, 5.74) is 0.385. The van der Waals surface area contributed by atoms with Gasteiger partial charge in [-0.05, 0) is 17.7 Å². The number of nitrogens with zero attached hydrogens (tertiary/aromatic N) is 4. The summed E-state index contributed by atoms with van der Waals surface area (Å²) in [5, 5.41) is 21.1. The smallest absolute Gasteiger partial charge is 0.274 e. The number of aromatic hydroxyl groups is 1. The lowest BCUT2D eigenvalue weighted by molar-refractivity contribution is 0.0942. The number of rotatable bonds is 3. The first-order valence-corrected chi connectivity index (χ1v) is 6.23. The molecule has 0 fully saturated rings. The standard InChI is InChI=1S/C14H12FN5O2/c1-20-8-19-11(12(21)13(20)18-7-16)14(22)17-6-9-2-4-10(15)5-3-9/h2-5,8,21H,6H2,1H3,(H,17,22). The third-order valence-corrected chi connectivity index (χ3v) is 2.87. The van der Waals surface area contributed by atoms with Crippen LogP contribution in [0.5, 0.6) is 5.75 Å². The van der Waals surface area contributed by atoms with Gasteiger partial charge in [-0.25, -0.2) is 9.37 Å². The maximum atomic E-state index is 12.8. The van der Waals surface area contributed by atoms with Gasteiger partial charge in [0.25, 0.3) is 5.91 Å². The summed E-state index contributed by atoms with van der Waals surface area (Å²) in [4.78, 5) is 19.3. The number of aryl methyl sites for hydroxylation is 1. The summed E-state index contributed by atoms with van der Waals surface area (Å²) in [6.07, 6.45) is 2.81. The lowest BCUT2D eigenvalue weighted by atomic mass is 10.2. The van der Waals surface area contributed by atoms with Gasteiger partial charge in [0.05, 0.1) is 6.33 Å². The minimum absolute atomic E-state index is 0.0653. The number of halogens is 1. The largest absolute Gasteiger partial charge is 0.503 e. The average molecular weight is 301 g/mol. The Morgan fingerprint density at radius 2 is 2.18 bits per heavy atom. The van der Waals surface area contributed by atoms with E-state index in [1.165, 1.54) is 42.2 Å². The highest BCUT2D eigenvalue weighted by Gasteiger charge is 2.15. The first-order valence-electron chi connectivity index (χ1n) is 6.23. The van der Waals surface area contributed by atoms with Crippen molar-refractivity contribution in [2.75, 3.05) is 0 Å². The molecule has 1 amide bonds. The molecule has 0 saturated heterocycles. The van der Waals surface area contributed by atoms with Crippen LogP contribution in [0.4, 0.5) is 4.39 Å². The lowest BCUT2D eigenvalue weighted by Crippen LogP contribution is -2.28. The lowest BCUT2D eigenvalue weighted by Gasteiger charge is -2.08. The Hall–Kier alpha value is -3.21. The fourth-order valence-corrected chi connectivity index (χ4v) is 1.75. The topological polar surface area (TPSA) is 103 Å². The summed E-state index contributed by atoms with van der Waals surface area (Å²) >= 11 is 0. The van der Waals surface area contributed by atoms with Crippen LogP contribution >= 0.6 is 0 Å². The first-order chi connectivity index (χ1) is 10.5. The van der Waals surface area contributed by atoms with Crippen molar-refractivity contribution in [3.8, 4) is 11.9 Å². The van der Waals surface area contributed by atoms with E-state index in [1.807, 2.05) is 0 Å². The highest BCUT2D eigenvalue weighted by atomic mass is 19.1. The molecule has 0 unspecified atom stereocenters. The summed E-state index contributed by atoms with van der Waals surface area (Å²) in [7, 11) is 1.53. The van der Waals surface area contributed by atoms with Crippen LogP contribution in [0.3, 0.4) is 0 Å². The first kappa shape index (κ1) is 15.2. The van der Waals surface area contributed by atoms with Gasteiger partial charge in [-0.3, -0.25) is 4.79 Å². The van der Waals surface area contributed by atoms with Crippen molar-refractivity contribution in [2.24, 2.45) is 12.0 Å². The van der Waals surface area contributed by atoms with Crippen molar-refractivity contribution in [1.29, 1.82) is 5.26 Å². The molecule has 0 saturated carbocycles. The summed E-state index contributed by atoms with van der Waals surface area (Å²) < 4.78 is 14.1. The Balaban J connectivity index is 2.20. The fourth-order valence-electron chi connectivity index (χ4n) is 1.75. The molecule has 112 valence electrons. The van der Waals surface area contributed by atoms with E-state index in [9.17, 15) is 14.3 Å². The Morgan fingerprint density at radius 1 is 1.50 bits per heavy atom. The Bertz CT molecular complexity index is 805. The molecule has 0 radical (unpaired) electrons. The number of carbonyl (C=O) groups excluding carboxylic acids is 1. The Labute approximate surface area is 125 Å². The van der Waals surface area contributed by atoms with Gasteiger partial charge in [-0.2, -0.15) is 10.3 Å². The van der Waals surface area contributed by atoms with Crippen LogP contribution in [0.2, 0.25) is 0 Å². The number of aromatic nitrogens is 2. The second-order valence-corrected chi connectivity index (χ2v) is 4.40.